The van der Waals surface area contributed by atoms with Crippen LogP contribution >= 0.6 is 0 Å². The predicted molar refractivity (Wildman–Crippen MR) is 49.6 cm³/mol. The monoisotopic (exact) mass is 280 g/mol. The molecular formula is C10H14F6O2. The molecular weight excluding hydrogens is 266 g/mol. The molecule has 1 saturated carbocycles. The average molecular weight is 280 g/mol. The van der Waals surface area contributed by atoms with Gasteiger partial charge in [-0.1, -0.05) is 0 Å². The first kappa shape index (κ1) is 15.6. The van der Waals surface area contributed by atoms with E-state index in [2.05, 4.69) is 0 Å². The molecule has 18 heavy (non-hydrogen) atoms. The van der Waals surface area contributed by atoms with Crippen LogP contribution in [0.25, 0.3) is 0 Å². The number of halogens is 6. The predicted octanol–water partition coefficient (Wildman–Crippen LogP) is 2.64. The Morgan fingerprint density at radius 3 is 1.06 bits per heavy atom. The molecule has 8 heteroatoms. The van der Waals surface area contributed by atoms with E-state index in [1.165, 1.54) is 0 Å². The number of aliphatic hydroxyl groups is 2. The van der Waals surface area contributed by atoms with Gasteiger partial charge in [-0.05, 0) is 37.5 Å². The van der Waals surface area contributed by atoms with Crippen molar-refractivity contribution < 1.29 is 36.6 Å². The summed E-state index contributed by atoms with van der Waals surface area (Å²) in [5.41, 5.74) is 0. The molecule has 0 amide bonds. The first-order chi connectivity index (χ1) is 8.03. The van der Waals surface area contributed by atoms with Crippen LogP contribution in [-0.2, 0) is 0 Å². The number of alkyl halides is 6. The molecule has 2 nitrogen and oxygen atoms in total. The quantitative estimate of drug-likeness (QED) is 0.763. The highest BCUT2D eigenvalue weighted by atomic mass is 19.4. The lowest BCUT2D eigenvalue weighted by Gasteiger charge is -2.34. The first-order valence-corrected chi connectivity index (χ1v) is 5.53. The van der Waals surface area contributed by atoms with Gasteiger partial charge in [-0.25, -0.2) is 0 Å². The van der Waals surface area contributed by atoms with Crippen LogP contribution in [0.1, 0.15) is 25.7 Å². The Bertz CT molecular complexity index is 239. The molecule has 2 atom stereocenters. The van der Waals surface area contributed by atoms with Gasteiger partial charge in [-0.15, -0.1) is 0 Å². The summed E-state index contributed by atoms with van der Waals surface area (Å²) in [6, 6.07) is 0. The summed E-state index contributed by atoms with van der Waals surface area (Å²) in [5, 5.41) is 18.0. The van der Waals surface area contributed by atoms with Gasteiger partial charge in [0.05, 0.1) is 0 Å². The average Bonchev–Trinajstić information content (AvgIpc) is 2.25. The molecule has 0 aromatic heterocycles. The molecule has 0 saturated heterocycles. The van der Waals surface area contributed by atoms with Crippen LogP contribution in [-0.4, -0.2) is 34.8 Å². The third-order valence-corrected chi connectivity index (χ3v) is 3.38. The van der Waals surface area contributed by atoms with Crippen LogP contribution in [0.4, 0.5) is 26.3 Å². The normalized spacial score (nSPS) is 30.0. The van der Waals surface area contributed by atoms with Crippen LogP contribution in [0.5, 0.6) is 0 Å². The molecule has 0 spiro atoms. The minimum atomic E-state index is -4.75. The Morgan fingerprint density at radius 1 is 0.667 bits per heavy atom. The molecule has 0 bridgehead atoms. The molecule has 0 aliphatic heterocycles. The van der Waals surface area contributed by atoms with Gasteiger partial charge in [-0.2, -0.15) is 26.3 Å². The fraction of sp³-hybridized carbons (Fsp3) is 1.00. The summed E-state index contributed by atoms with van der Waals surface area (Å²) in [6.45, 7) is 0. The van der Waals surface area contributed by atoms with Gasteiger partial charge in [0.25, 0.3) is 0 Å². The Morgan fingerprint density at radius 2 is 0.889 bits per heavy atom. The van der Waals surface area contributed by atoms with Crippen molar-refractivity contribution in [3.63, 3.8) is 0 Å². The van der Waals surface area contributed by atoms with E-state index < -0.39 is 36.4 Å². The molecule has 1 fully saturated rings. The van der Waals surface area contributed by atoms with Crippen LogP contribution in [0.2, 0.25) is 0 Å². The van der Waals surface area contributed by atoms with Gasteiger partial charge in [0, 0.05) is 0 Å². The van der Waals surface area contributed by atoms with E-state index in [9.17, 15) is 26.3 Å². The lowest BCUT2D eigenvalue weighted by Crippen LogP contribution is -2.42. The summed E-state index contributed by atoms with van der Waals surface area (Å²) in [7, 11) is 0. The Labute approximate surface area is 99.6 Å². The summed E-state index contributed by atoms with van der Waals surface area (Å²) in [6.07, 6.45) is -15.2. The molecule has 1 aliphatic carbocycles. The van der Waals surface area contributed by atoms with Gasteiger partial charge in [0.2, 0.25) is 0 Å². The molecule has 2 N–H and O–H groups in total. The molecule has 108 valence electrons. The smallest absolute Gasteiger partial charge is 0.383 e. The van der Waals surface area contributed by atoms with Crippen LogP contribution in [0.3, 0.4) is 0 Å². The lowest BCUT2D eigenvalue weighted by atomic mass is 9.77. The zero-order valence-corrected chi connectivity index (χ0v) is 9.30. The van der Waals surface area contributed by atoms with E-state index in [1.807, 2.05) is 0 Å². The number of hydrogen-bond donors (Lipinski definition) is 2. The highest BCUT2D eigenvalue weighted by molar-refractivity contribution is 4.85. The third-order valence-electron chi connectivity index (χ3n) is 3.38. The van der Waals surface area contributed by atoms with Crippen molar-refractivity contribution in [1.29, 1.82) is 0 Å². The maximum Gasteiger partial charge on any atom is 0.414 e. The van der Waals surface area contributed by atoms with Crippen molar-refractivity contribution in [2.45, 2.75) is 50.2 Å². The van der Waals surface area contributed by atoms with Gasteiger partial charge in [0.15, 0.2) is 12.2 Å². The topological polar surface area (TPSA) is 40.5 Å². The second-order valence-corrected chi connectivity index (χ2v) is 4.65. The van der Waals surface area contributed by atoms with Crippen LogP contribution in [0, 0.1) is 11.8 Å². The van der Waals surface area contributed by atoms with Crippen molar-refractivity contribution in [2.24, 2.45) is 11.8 Å². The first-order valence-electron chi connectivity index (χ1n) is 5.53. The SMILES string of the molecule is OC(C1CCC(C(O)C(F)(F)F)CC1)C(F)(F)F. The zero-order chi connectivity index (χ0) is 14.1. The largest absolute Gasteiger partial charge is 0.414 e. The molecule has 0 heterocycles. The minimum absolute atomic E-state index is 0.168. The van der Waals surface area contributed by atoms with E-state index in [-0.39, 0.29) is 25.7 Å². The number of aliphatic hydroxyl groups excluding tert-OH is 2. The van der Waals surface area contributed by atoms with Gasteiger partial charge in [0.1, 0.15) is 0 Å². The van der Waals surface area contributed by atoms with Crippen LogP contribution < -0.4 is 0 Å². The lowest BCUT2D eigenvalue weighted by molar-refractivity contribution is -0.234. The highest BCUT2D eigenvalue weighted by Crippen LogP contribution is 2.40. The van der Waals surface area contributed by atoms with Crippen molar-refractivity contribution in [3.05, 3.63) is 0 Å². The Hall–Kier alpha value is -0.500. The number of rotatable bonds is 2. The van der Waals surface area contributed by atoms with E-state index in [0.717, 1.165) is 0 Å². The second-order valence-electron chi connectivity index (χ2n) is 4.65. The van der Waals surface area contributed by atoms with Crippen molar-refractivity contribution in [2.75, 3.05) is 0 Å². The van der Waals surface area contributed by atoms with Crippen molar-refractivity contribution in [1.82, 2.24) is 0 Å². The highest BCUT2D eigenvalue weighted by Gasteiger charge is 2.48. The van der Waals surface area contributed by atoms with E-state index in [4.69, 9.17) is 10.2 Å². The summed E-state index contributed by atoms with van der Waals surface area (Å²) >= 11 is 0. The minimum Gasteiger partial charge on any atom is -0.383 e. The maximum absolute atomic E-state index is 12.2. The van der Waals surface area contributed by atoms with Crippen LogP contribution in [0.15, 0.2) is 0 Å². The van der Waals surface area contributed by atoms with Gasteiger partial charge < -0.3 is 10.2 Å². The summed E-state index contributed by atoms with van der Waals surface area (Å²) in [5.74, 6) is -2.16. The molecule has 2 unspecified atom stereocenters. The summed E-state index contributed by atoms with van der Waals surface area (Å²) < 4.78 is 73.2. The standard InChI is InChI=1S/C10H14F6O2/c11-9(12,13)7(17)5-1-2-6(4-3-5)8(18)10(14,15)16/h5-8,17-18H,1-4H2. The zero-order valence-electron chi connectivity index (χ0n) is 9.30. The fourth-order valence-electron chi connectivity index (χ4n) is 2.31. The molecule has 1 aliphatic rings. The van der Waals surface area contributed by atoms with Gasteiger partial charge >= 0.3 is 12.4 Å². The second kappa shape index (κ2) is 5.24. The van der Waals surface area contributed by atoms with Gasteiger partial charge in [-0.3, -0.25) is 0 Å². The Balaban J connectivity index is 2.52. The van der Waals surface area contributed by atoms with E-state index >= 15 is 0 Å². The third kappa shape index (κ3) is 3.74. The fourth-order valence-corrected chi connectivity index (χ4v) is 2.31. The van der Waals surface area contributed by atoms with E-state index in [1.54, 1.807) is 0 Å². The summed E-state index contributed by atoms with van der Waals surface area (Å²) in [4.78, 5) is 0. The molecule has 1 rings (SSSR count). The maximum atomic E-state index is 12.2. The van der Waals surface area contributed by atoms with Crippen molar-refractivity contribution >= 4 is 0 Å². The van der Waals surface area contributed by atoms with E-state index in [0.29, 0.717) is 0 Å². The molecule has 0 radical (unpaired) electrons. The Kier molecular flexibility index (Phi) is 4.53. The molecule has 0 aromatic rings. The number of hydrogen-bond acceptors (Lipinski definition) is 2. The molecule has 0 aromatic carbocycles. The van der Waals surface area contributed by atoms with Crippen molar-refractivity contribution in [3.8, 4) is 0 Å².